The van der Waals surface area contributed by atoms with E-state index in [9.17, 15) is 18.0 Å². The molecule has 0 N–H and O–H groups in total. The molecule has 0 radical (unpaired) electrons. The number of amides is 2. The van der Waals surface area contributed by atoms with Gasteiger partial charge in [-0.05, 0) is 19.4 Å². The van der Waals surface area contributed by atoms with Crippen molar-refractivity contribution in [3.05, 3.63) is 23.9 Å². The Balaban J connectivity index is 1.49. The van der Waals surface area contributed by atoms with Crippen LogP contribution in [0.5, 0.6) is 5.88 Å². The van der Waals surface area contributed by atoms with E-state index in [0.717, 1.165) is 10.6 Å². The molecule has 25 heavy (non-hydrogen) atoms. The molecular weight excluding hydrogens is 346 g/mol. The van der Waals surface area contributed by atoms with Crippen LogP contribution in [0.4, 0.5) is 0 Å². The SMILES string of the molecule is Cc1cccc(OC2CN(S(=O)(=O)CCN3C(=O)CCCC3=O)C2)n1. The number of imide groups is 1. The van der Waals surface area contributed by atoms with Crippen molar-refractivity contribution in [2.45, 2.75) is 32.3 Å². The van der Waals surface area contributed by atoms with E-state index < -0.39 is 10.0 Å². The van der Waals surface area contributed by atoms with E-state index >= 15 is 0 Å². The number of hydrogen-bond donors (Lipinski definition) is 0. The lowest BCUT2D eigenvalue weighted by Gasteiger charge is -2.38. The van der Waals surface area contributed by atoms with E-state index in [4.69, 9.17) is 4.74 Å². The van der Waals surface area contributed by atoms with Crippen molar-refractivity contribution in [2.75, 3.05) is 25.4 Å². The predicted molar refractivity (Wildman–Crippen MR) is 89.3 cm³/mol. The third kappa shape index (κ3) is 4.16. The van der Waals surface area contributed by atoms with Gasteiger partial charge in [0, 0.05) is 31.1 Å². The second-order valence-electron chi connectivity index (χ2n) is 6.28. The zero-order valence-corrected chi connectivity index (χ0v) is 14.9. The summed E-state index contributed by atoms with van der Waals surface area (Å²) in [7, 11) is -3.52. The van der Waals surface area contributed by atoms with E-state index in [-0.39, 0.29) is 43.3 Å². The molecule has 2 saturated heterocycles. The lowest BCUT2D eigenvalue weighted by Crippen LogP contribution is -2.57. The van der Waals surface area contributed by atoms with Gasteiger partial charge in [0.05, 0.1) is 18.8 Å². The number of aromatic nitrogens is 1. The van der Waals surface area contributed by atoms with E-state index in [1.54, 1.807) is 6.07 Å². The molecule has 1 aromatic heterocycles. The summed E-state index contributed by atoms with van der Waals surface area (Å²) in [5.41, 5.74) is 0.831. The minimum absolute atomic E-state index is 0.0819. The van der Waals surface area contributed by atoms with Gasteiger partial charge in [-0.15, -0.1) is 0 Å². The number of carbonyl (C=O) groups is 2. The number of nitrogens with zero attached hydrogens (tertiary/aromatic N) is 3. The van der Waals surface area contributed by atoms with Crippen LogP contribution in [0.3, 0.4) is 0 Å². The number of sulfonamides is 1. The molecule has 0 aromatic carbocycles. The Kier molecular flexibility index (Phi) is 5.05. The zero-order valence-electron chi connectivity index (χ0n) is 14.1. The molecule has 0 bridgehead atoms. The summed E-state index contributed by atoms with van der Waals surface area (Å²) in [6.07, 6.45) is 0.908. The molecule has 2 aliphatic heterocycles. The van der Waals surface area contributed by atoms with Gasteiger partial charge >= 0.3 is 0 Å². The predicted octanol–water partition coefficient (Wildman–Crippen LogP) is 0.322. The highest BCUT2D eigenvalue weighted by atomic mass is 32.2. The highest BCUT2D eigenvalue weighted by molar-refractivity contribution is 7.89. The van der Waals surface area contributed by atoms with Gasteiger partial charge < -0.3 is 4.74 Å². The van der Waals surface area contributed by atoms with Crippen molar-refractivity contribution in [2.24, 2.45) is 0 Å². The van der Waals surface area contributed by atoms with Crippen LogP contribution >= 0.6 is 0 Å². The van der Waals surface area contributed by atoms with Gasteiger partial charge in [0.25, 0.3) is 0 Å². The van der Waals surface area contributed by atoms with Crippen LogP contribution in [0.15, 0.2) is 18.2 Å². The minimum atomic E-state index is -3.52. The molecule has 3 heterocycles. The fourth-order valence-corrected chi connectivity index (χ4v) is 4.30. The summed E-state index contributed by atoms with van der Waals surface area (Å²) < 4.78 is 31.6. The first-order valence-electron chi connectivity index (χ1n) is 8.26. The van der Waals surface area contributed by atoms with E-state index in [1.165, 1.54) is 4.31 Å². The van der Waals surface area contributed by atoms with Gasteiger partial charge in [0.15, 0.2) is 0 Å². The Morgan fingerprint density at radius 2 is 1.88 bits per heavy atom. The number of aryl methyl sites for hydroxylation is 1. The van der Waals surface area contributed by atoms with Crippen LogP contribution in [0, 0.1) is 6.92 Å². The highest BCUT2D eigenvalue weighted by Crippen LogP contribution is 2.20. The van der Waals surface area contributed by atoms with E-state index in [0.29, 0.717) is 25.1 Å². The summed E-state index contributed by atoms with van der Waals surface area (Å²) in [6, 6.07) is 5.42. The monoisotopic (exact) mass is 367 g/mol. The number of carbonyl (C=O) groups excluding carboxylic acids is 2. The van der Waals surface area contributed by atoms with Crippen molar-refractivity contribution >= 4 is 21.8 Å². The zero-order chi connectivity index (χ0) is 18.0. The average Bonchev–Trinajstić information content (AvgIpc) is 2.50. The molecule has 0 atom stereocenters. The average molecular weight is 367 g/mol. The molecule has 0 saturated carbocycles. The first-order chi connectivity index (χ1) is 11.8. The quantitative estimate of drug-likeness (QED) is 0.672. The van der Waals surface area contributed by atoms with Crippen molar-refractivity contribution in [1.82, 2.24) is 14.2 Å². The topological polar surface area (TPSA) is 96.9 Å². The van der Waals surface area contributed by atoms with Crippen LogP contribution in [-0.4, -0.2) is 65.9 Å². The number of pyridine rings is 1. The fourth-order valence-electron chi connectivity index (χ4n) is 2.84. The van der Waals surface area contributed by atoms with Crippen molar-refractivity contribution in [1.29, 1.82) is 0 Å². The van der Waals surface area contributed by atoms with Crippen LogP contribution in [0.2, 0.25) is 0 Å². The first kappa shape index (κ1) is 17.8. The van der Waals surface area contributed by atoms with Crippen LogP contribution in [0.1, 0.15) is 25.0 Å². The van der Waals surface area contributed by atoms with Crippen molar-refractivity contribution in [3.63, 3.8) is 0 Å². The molecule has 0 unspecified atom stereocenters. The summed E-state index contributed by atoms with van der Waals surface area (Å²) in [5, 5.41) is 0. The van der Waals surface area contributed by atoms with Crippen molar-refractivity contribution in [3.8, 4) is 5.88 Å². The lowest BCUT2D eigenvalue weighted by molar-refractivity contribution is -0.147. The third-order valence-corrected chi connectivity index (χ3v) is 6.10. The second-order valence-corrected chi connectivity index (χ2v) is 8.37. The molecular formula is C16H21N3O5S. The maximum atomic E-state index is 12.3. The Hall–Kier alpha value is -2.00. The summed E-state index contributed by atoms with van der Waals surface area (Å²) >= 11 is 0. The molecule has 3 rings (SSSR count). The molecule has 8 nitrogen and oxygen atoms in total. The fraction of sp³-hybridized carbons (Fsp3) is 0.562. The highest BCUT2D eigenvalue weighted by Gasteiger charge is 2.38. The lowest BCUT2D eigenvalue weighted by atomic mass is 10.1. The number of likely N-dealkylation sites (tertiary alicyclic amines) is 1. The molecule has 1 aromatic rings. The Morgan fingerprint density at radius 3 is 2.52 bits per heavy atom. The van der Waals surface area contributed by atoms with Gasteiger partial charge in [0.1, 0.15) is 6.10 Å². The number of rotatable bonds is 6. The Bertz CT molecular complexity index is 758. The molecule has 0 aliphatic carbocycles. The molecule has 2 fully saturated rings. The number of hydrogen-bond acceptors (Lipinski definition) is 6. The minimum Gasteiger partial charge on any atom is -0.472 e. The molecule has 9 heteroatoms. The smallest absolute Gasteiger partial charge is 0.229 e. The summed E-state index contributed by atoms with van der Waals surface area (Å²) in [4.78, 5) is 28.7. The Morgan fingerprint density at radius 1 is 1.20 bits per heavy atom. The molecule has 2 amide bonds. The van der Waals surface area contributed by atoms with Gasteiger partial charge in [-0.2, -0.15) is 4.31 Å². The molecule has 2 aliphatic rings. The van der Waals surface area contributed by atoms with Gasteiger partial charge in [-0.25, -0.2) is 13.4 Å². The van der Waals surface area contributed by atoms with Crippen LogP contribution < -0.4 is 4.74 Å². The molecule has 0 spiro atoms. The summed E-state index contributed by atoms with van der Waals surface area (Å²) in [5.74, 6) is -0.352. The van der Waals surface area contributed by atoms with Crippen LogP contribution in [0.25, 0.3) is 0 Å². The summed E-state index contributed by atoms with van der Waals surface area (Å²) in [6.45, 7) is 2.27. The van der Waals surface area contributed by atoms with Gasteiger partial charge in [-0.3, -0.25) is 14.5 Å². The molecule has 136 valence electrons. The van der Waals surface area contributed by atoms with Crippen LogP contribution in [-0.2, 0) is 19.6 Å². The second kappa shape index (κ2) is 7.09. The number of ether oxygens (including phenoxy) is 1. The van der Waals surface area contributed by atoms with Gasteiger partial charge in [0.2, 0.25) is 27.7 Å². The maximum Gasteiger partial charge on any atom is 0.229 e. The normalized spacial score (nSPS) is 19.8. The van der Waals surface area contributed by atoms with Crippen molar-refractivity contribution < 1.29 is 22.7 Å². The number of piperidine rings is 1. The first-order valence-corrected chi connectivity index (χ1v) is 9.87. The maximum absolute atomic E-state index is 12.3. The van der Waals surface area contributed by atoms with E-state index in [1.807, 2.05) is 19.1 Å². The standard InChI is InChI=1S/C16H21N3O5S/c1-12-4-2-5-14(17-12)24-13-10-18(11-13)25(22,23)9-8-19-15(20)6-3-7-16(19)21/h2,4-5,13H,3,6-11H2,1H3. The Labute approximate surface area is 146 Å². The largest absolute Gasteiger partial charge is 0.472 e. The van der Waals surface area contributed by atoms with Gasteiger partial charge in [-0.1, -0.05) is 6.07 Å². The van der Waals surface area contributed by atoms with E-state index in [2.05, 4.69) is 4.98 Å². The third-order valence-electron chi connectivity index (χ3n) is 4.31.